The van der Waals surface area contributed by atoms with Gasteiger partial charge in [-0.15, -0.1) is 10.1 Å². The summed E-state index contributed by atoms with van der Waals surface area (Å²) >= 11 is 0. The Labute approximate surface area is 177 Å². The van der Waals surface area contributed by atoms with Gasteiger partial charge in [-0.05, 0) is 60.6 Å². The lowest BCUT2D eigenvalue weighted by molar-refractivity contribution is -0.742. The van der Waals surface area contributed by atoms with Gasteiger partial charge in [-0.25, -0.2) is 0 Å². The molecule has 6 nitrogen and oxygen atoms in total. The van der Waals surface area contributed by atoms with Gasteiger partial charge in [0.2, 0.25) is 0 Å². The fourth-order valence-electron chi connectivity index (χ4n) is 3.94. The van der Waals surface area contributed by atoms with Gasteiger partial charge in [-0.2, -0.15) is 0 Å². The fourth-order valence-corrected chi connectivity index (χ4v) is 3.94. The summed E-state index contributed by atoms with van der Waals surface area (Å²) in [5.41, 5.74) is 4.97. The summed E-state index contributed by atoms with van der Waals surface area (Å²) in [4.78, 5) is 13.1. The highest BCUT2D eigenvalue weighted by Gasteiger charge is 2.15. The Hall–Kier alpha value is -3.15. The normalized spacial score (nSPS) is 16.2. The molecule has 1 aliphatic carbocycles. The molecule has 1 saturated carbocycles. The quantitative estimate of drug-likeness (QED) is 0.530. The average molecular weight is 408 g/mol. The molecule has 2 aromatic carbocycles. The molecule has 30 heavy (non-hydrogen) atoms. The number of hydrogen-bond acceptors (Lipinski definition) is 4. The fraction of sp³-hybridized carbons (Fsp3) is 0.375. The van der Waals surface area contributed by atoms with E-state index >= 15 is 0 Å². The maximum atomic E-state index is 8.36. The van der Waals surface area contributed by atoms with Gasteiger partial charge in [0.25, 0.3) is 5.09 Å². The third-order valence-corrected chi connectivity index (χ3v) is 5.44. The van der Waals surface area contributed by atoms with E-state index in [1.807, 2.05) is 18.2 Å². The van der Waals surface area contributed by atoms with Crippen molar-refractivity contribution >= 4 is 5.71 Å². The maximum Gasteiger partial charge on any atom is 0.291 e. The second-order valence-corrected chi connectivity index (χ2v) is 7.61. The monoisotopic (exact) mass is 408 g/mol. The molecule has 0 bridgehead atoms. The van der Waals surface area contributed by atoms with Crippen LogP contribution >= 0.6 is 0 Å². The van der Waals surface area contributed by atoms with Crippen molar-refractivity contribution in [2.24, 2.45) is 10.9 Å². The molecule has 0 amide bonds. The lowest BCUT2D eigenvalue weighted by Crippen LogP contribution is -2.12. The number of hydrogen-bond donors (Lipinski definition) is 1. The number of nitrogens with zero attached hydrogens (tertiary/aromatic N) is 2. The number of allylic oxidation sites excluding steroid dienone is 2. The molecular formula is C24H28N2O4. The third kappa shape index (κ3) is 6.72. The van der Waals surface area contributed by atoms with E-state index < -0.39 is 5.09 Å². The molecule has 1 N–H and O–H groups in total. The van der Waals surface area contributed by atoms with E-state index in [-0.39, 0.29) is 0 Å². The Bertz CT molecular complexity index is 883. The largest absolute Gasteiger partial charge is 0.489 e. The molecule has 0 aromatic heterocycles. The minimum absolute atomic E-state index is 0.613. The van der Waals surface area contributed by atoms with Crippen LogP contribution in [0.2, 0.25) is 0 Å². The van der Waals surface area contributed by atoms with E-state index in [2.05, 4.69) is 42.5 Å². The Morgan fingerprint density at radius 2 is 1.87 bits per heavy atom. The average Bonchev–Trinajstić information content (AvgIpc) is 2.77. The molecule has 1 heterocycles. The zero-order valence-corrected chi connectivity index (χ0v) is 17.1. The molecule has 0 unspecified atom stereocenters. The Morgan fingerprint density at radius 1 is 1.13 bits per heavy atom. The Morgan fingerprint density at radius 3 is 2.60 bits per heavy atom. The van der Waals surface area contributed by atoms with Crippen LogP contribution in [0, 0.1) is 16.0 Å². The first-order valence-corrected chi connectivity index (χ1v) is 10.5. The topological polar surface area (TPSA) is 85.0 Å². The summed E-state index contributed by atoms with van der Waals surface area (Å²) in [6.07, 6.45) is 12.5. The minimum Gasteiger partial charge on any atom is -0.489 e. The highest BCUT2D eigenvalue weighted by molar-refractivity contribution is 6.10. The van der Waals surface area contributed by atoms with Gasteiger partial charge in [0, 0.05) is 12.1 Å². The Kier molecular flexibility index (Phi) is 8.01. The van der Waals surface area contributed by atoms with E-state index in [0.717, 1.165) is 30.3 Å². The van der Waals surface area contributed by atoms with Gasteiger partial charge in [0.05, 0.1) is 5.71 Å². The third-order valence-electron chi connectivity index (χ3n) is 5.44. The zero-order chi connectivity index (χ0) is 21.2. The van der Waals surface area contributed by atoms with Crippen LogP contribution in [0.4, 0.5) is 0 Å². The highest BCUT2D eigenvalue weighted by Crippen LogP contribution is 2.26. The first-order chi connectivity index (χ1) is 14.6. The van der Waals surface area contributed by atoms with Crippen LogP contribution < -0.4 is 4.74 Å². The van der Waals surface area contributed by atoms with Crippen molar-refractivity contribution in [3.05, 3.63) is 87.5 Å². The van der Waals surface area contributed by atoms with Crippen molar-refractivity contribution in [1.82, 2.24) is 0 Å². The summed E-state index contributed by atoms with van der Waals surface area (Å²) in [6, 6.07) is 16.8. The summed E-state index contributed by atoms with van der Waals surface area (Å²) in [5.74, 6) is 1.69. The van der Waals surface area contributed by atoms with Crippen molar-refractivity contribution in [2.75, 3.05) is 6.54 Å². The second kappa shape index (κ2) is 11.1. The van der Waals surface area contributed by atoms with Crippen LogP contribution in [0.3, 0.4) is 0 Å². The molecule has 4 rings (SSSR count). The summed E-state index contributed by atoms with van der Waals surface area (Å²) in [5, 5.41) is 13.6. The summed E-state index contributed by atoms with van der Waals surface area (Å²) in [7, 11) is 0. The van der Waals surface area contributed by atoms with Gasteiger partial charge in [0.1, 0.15) is 12.4 Å². The predicted molar refractivity (Wildman–Crippen MR) is 117 cm³/mol. The van der Waals surface area contributed by atoms with Crippen LogP contribution in [0.1, 0.15) is 48.8 Å². The predicted octanol–water partition coefficient (Wildman–Crippen LogP) is 5.40. The molecule has 2 aromatic rings. The van der Waals surface area contributed by atoms with Crippen molar-refractivity contribution < 1.29 is 15.0 Å². The van der Waals surface area contributed by atoms with Crippen LogP contribution in [0.5, 0.6) is 5.75 Å². The molecule has 0 atom stereocenters. The van der Waals surface area contributed by atoms with Crippen molar-refractivity contribution in [1.29, 1.82) is 0 Å². The molecule has 2 aliphatic rings. The van der Waals surface area contributed by atoms with E-state index in [9.17, 15) is 0 Å². The second-order valence-electron chi connectivity index (χ2n) is 7.61. The van der Waals surface area contributed by atoms with Crippen molar-refractivity contribution in [2.45, 2.75) is 45.1 Å². The van der Waals surface area contributed by atoms with Gasteiger partial charge >= 0.3 is 0 Å². The first-order valence-electron chi connectivity index (χ1n) is 10.5. The van der Waals surface area contributed by atoms with Gasteiger partial charge in [-0.3, -0.25) is 4.99 Å². The van der Waals surface area contributed by atoms with Gasteiger partial charge < -0.3 is 9.94 Å². The molecule has 158 valence electrons. The first kappa shape index (κ1) is 21.6. The lowest BCUT2D eigenvalue weighted by Gasteiger charge is -2.19. The number of fused-ring (bicyclic) bond motifs is 1. The lowest BCUT2D eigenvalue weighted by atomic mass is 9.88. The van der Waals surface area contributed by atoms with Crippen LogP contribution in [-0.2, 0) is 13.0 Å². The summed E-state index contributed by atoms with van der Waals surface area (Å²) in [6.45, 7) is 1.49. The van der Waals surface area contributed by atoms with Crippen molar-refractivity contribution in [3.63, 3.8) is 0 Å². The number of aliphatic imine (C=N–C) groups is 1. The molecule has 0 radical (unpaired) electrons. The molecular weight excluding hydrogens is 380 g/mol. The number of rotatable bonds is 5. The smallest absolute Gasteiger partial charge is 0.291 e. The highest BCUT2D eigenvalue weighted by atomic mass is 16.9. The molecule has 6 heteroatoms. The Balaban J connectivity index is 0.000000589. The van der Waals surface area contributed by atoms with Crippen LogP contribution in [0.25, 0.3) is 0 Å². The molecule has 0 spiro atoms. The van der Waals surface area contributed by atoms with Crippen LogP contribution in [-0.4, -0.2) is 22.6 Å². The van der Waals surface area contributed by atoms with Gasteiger partial charge in [0.15, 0.2) is 0 Å². The molecule has 0 saturated heterocycles. The van der Waals surface area contributed by atoms with Gasteiger partial charge in [-0.1, -0.05) is 55.7 Å². The molecule has 1 fully saturated rings. The molecule has 1 aliphatic heterocycles. The minimum atomic E-state index is -1.50. The van der Waals surface area contributed by atoms with E-state index in [4.69, 9.17) is 25.1 Å². The summed E-state index contributed by atoms with van der Waals surface area (Å²) < 4.78 is 5.99. The standard InChI is InChI=1S/C24H27NO.HNO3/c1-3-7-19(8-4-1)11-14-24-23-13-12-22(17-21(23)15-16-25-24)26-18-20-9-5-2-6-10-20;2-1(3)4/h2,5-6,9-14,17,19H,1,3-4,7-8,15-16,18H2;(H,2,3,4)/b14-11+;. The van der Waals surface area contributed by atoms with E-state index in [0.29, 0.717) is 6.61 Å². The number of benzene rings is 2. The van der Waals surface area contributed by atoms with Crippen molar-refractivity contribution in [3.8, 4) is 5.75 Å². The number of ether oxygens (including phenoxy) is 1. The van der Waals surface area contributed by atoms with Crippen LogP contribution in [0.15, 0.2) is 65.7 Å². The zero-order valence-electron chi connectivity index (χ0n) is 17.1. The maximum absolute atomic E-state index is 8.36. The van der Waals surface area contributed by atoms with E-state index in [1.54, 1.807) is 0 Å². The SMILES string of the molecule is C(=C\C1CCCCC1)/C1=NCCc2cc(OCc3ccccc3)ccc21.O=[N+]([O-])O. The van der Waals surface area contributed by atoms with E-state index in [1.165, 1.54) is 48.8 Å².